The second-order valence-electron chi connectivity index (χ2n) is 8.60. The number of alkyl halides is 1. The van der Waals surface area contributed by atoms with Crippen LogP contribution in [0.5, 0.6) is 0 Å². The normalized spacial score (nSPS) is 19.2. The van der Waals surface area contributed by atoms with Crippen molar-refractivity contribution >= 4 is 52.5 Å². The fourth-order valence-corrected chi connectivity index (χ4v) is 5.87. The molecule has 188 valence electrons. The molecule has 2 aromatic carbocycles. The van der Waals surface area contributed by atoms with Crippen LogP contribution in [-0.4, -0.2) is 27.0 Å². The van der Waals surface area contributed by atoms with Gasteiger partial charge in [-0.2, -0.15) is 0 Å². The van der Waals surface area contributed by atoms with Gasteiger partial charge >= 0.3 is 5.97 Å². The number of ether oxygens (including phenoxy) is 1. The number of hydrogen-bond donors (Lipinski definition) is 1. The predicted octanol–water partition coefficient (Wildman–Crippen LogP) is 8.46. The number of aromatic carboxylic acids is 1. The third kappa shape index (κ3) is 5.84. The van der Waals surface area contributed by atoms with Crippen LogP contribution >= 0.6 is 46.6 Å². The largest absolute Gasteiger partial charge is 0.478 e. The van der Waals surface area contributed by atoms with E-state index < -0.39 is 11.0 Å². The van der Waals surface area contributed by atoms with Gasteiger partial charge in [0.1, 0.15) is 11.5 Å². The summed E-state index contributed by atoms with van der Waals surface area (Å²) in [6.45, 7) is 4.16. The predicted molar refractivity (Wildman–Crippen MR) is 145 cm³/mol. The molecule has 0 aliphatic heterocycles. The molecular weight excluding hydrogens is 541 g/mol. The maximum absolute atomic E-state index is 11.1. The molecule has 1 N–H and O–H groups in total. The Balaban J connectivity index is 1.55. The first kappa shape index (κ1) is 26.8. The molecule has 5 nitrogen and oxygen atoms in total. The topological polar surface area (TPSA) is 72.6 Å². The standard InChI is InChI=1S/C27H24Cl3NO4S/c1-16(2)25-20(24(31-35-25)23-21(28)7-5-8-22(23)29)14-34-27(30)13-4-3-6-18(27)15-36-19-11-9-17(10-12-19)26(32)33/h3-13,16,18H,14-15H2,1-2H3,(H,32,33). The molecule has 1 aromatic heterocycles. The minimum Gasteiger partial charge on any atom is -0.478 e. The van der Waals surface area contributed by atoms with Crippen LogP contribution in [0.1, 0.15) is 41.4 Å². The minimum atomic E-state index is -1.10. The van der Waals surface area contributed by atoms with E-state index in [1.165, 1.54) is 0 Å². The zero-order chi connectivity index (χ0) is 25.9. The molecule has 0 fully saturated rings. The van der Waals surface area contributed by atoms with Gasteiger partial charge in [0, 0.05) is 33.6 Å². The molecule has 1 aliphatic carbocycles. The summed E-state index contributed by atoms with van der Waals surface area (Å²) in [7, 11) is 0. The number of thioether (sulfide) groups is 1. The van der Waals surface area contributed by atoms with Crippen molar-refractivity contribution in [2.24, 2.45) is 5.92 Å². The highest BCUT2D eigenvalue weighted by molar-refractivity contribution is 7.99. The Bertz CT molecular complexity index is 1280. The van der Waals surface area contributed by atoms with Crippen LogP contribution in [0.25, 0.3) is 11.3 Å². The Morgan fingerprint density at radius 1 is 1.17 bits per heavy atom. The fraction of sp³-hybridized carbons (Fsp3) is 0.259. The second-order valence-corrected chi connectivity index (χ2v) is 11.1. The average molecular weight is 565 g/mol. The van der Waals surface area contributed by atoms with Crippen molar-refractivity contribution in [1.82, 2.24) is 5.16 Å². The molecule has 2 unspecified atom stereocenters. The number of halogens is 3. The molecule has 0 bridgehead atoms. The SMILES string of the molecule is CC(C)c1onc(-c2c(Cl)cccc2Cl)c1COC1(Cl)C=CC=CC1CSc1ccc(C(=O)O)cc1. The van der Waals surface area contributed by atoms with Crippen molar-refractivity contribution in [3.05, 3.63) is 93.7 Å². The summed E-state index contributed by atoms with van der Waals surface area (Å²) in [5, 5.41) is 13.2. The number of benzene rings is 2. The fourth-order valence-electron chi connectivity index (χ4n) is 3.86. The molecule has 0 amide bonds. The van der Waals surface area contributed by atoms with Crippen molar-refractivity contribution in [3.63, 3.8) is 0 Å². The molecule has 1 aliphatic rings. The molecular formula is C27H24Cl3NO4S. The lowest BCUT2D eigenvalue weighted by atomic mass is 9.98. The zero-order valence-electron chi connectivity index (χ0n) is 19.6. The number of allylic oxidation sites excluding steroid dienone is 2. The summed E-state index contributed by atoms with van der Waals surface area (Å²) in [5.41, 5.74) is 2.13. The van der Waals surface area contributed by atoms with E-state index in [0.717, 1.165) is 10.5 Å². The van der Waals surface area contributed by atoms with Gasteiger partial charge in [-0.05, 0) is 42.5 Å². The minimum absolute atomic E-state index is 0.0549. The summed E-state index contributed by atoms with van der Waals surface area (Å²) in [5.74, 6) is 0.260. The summed E-state index contributed by atoms with van der Waals surface area (Å²) in [6, 6.07) is 12.0. The number of aromatic nitrogens is 1. The second kappa shape index (κ2) is 11.4. The number of rotatable bonds is 9. The third-order valence-corrected chi connectivity index (χ3v) is 8.07. The van der Waals surface area contributed by atoms with E-state index in [1.807, 2.05) is 38.2 Å². The summed E-state index contributed by atoms with van der Waals surface area (Å²) >= 11 is 21.5. The molecule has 0 spiro atoms. The monoisotopic (exact) mass is 563 g/mol. The first-order valence-electron chi connectivity index (χ1n) is 11.3. The van der Waals surface area contributed by atoms with Crippen LogP contribution in [0.15, 0.2) is 76.2 Å². The van der Waals surface area contributed by atoms with E-state index in [-0.39, 0.29) is 24.0 Å². The van der Waals surface area contributed by atoms with E-state index >= 15 is 0 Å². The smallest absolute Gasteiger partial charge is 0.335 e. The summed E-state index contributed by atoms with van der Waals surface area (Å²) in [6.07, 6.45) is 7.64. The Morgan fingerprint density at radius 3 is 2.50 bits per heavy atom. The first-order valence-corrected chi connectivity index (χ1v) is 13.4. The van der Waals surface area contributed by atoms with Crippen molar-refractivity contribution in [2.45, 2.75) is 36.3 Å². The lowest BCUT2D eigenvalue weighted by Crippen LogP contribution is -2.35. The lowest BCUT2D eigenvalue weighted by molar-refractivity contribution is 0.0171. The maximum atomic E-state index is 11.1. The van der Waals surface area contributed by atoms with Crippen LogP contribution in [-0.2, 0) is 11.3 Å². The molecule has 2 atom stereocenters. The molecule has 0 radical (unpaired) electrons. The first-order chi connectivity index (χ1) is 17.2. The van der Waals surface area contributed by atoms with Gasteiger partial charge in [0.2, 0.25) is 0 Å². The van der Waals surface area contributed by atoms with Crippen molar-refractivity contribution in [2.75, 3.05) is 5.75 Å². The molecule has 4 rings (SSSR count). The molecule has 36 heavy (non-hydrogen) atoms. The van der Waals surface area contributed by atoms with Crippen LogP contribution in [0.3, 0.4) is 0 Å². The van der Waals surface area contributed by atoms with Gasteiger partial charge < -0.3 is 14.4 Å². The van der Waals surface area contributed by atoms with Gasteiger partial charge in [-0.15, -0.1) is 11.8 Å². The van der Waals surface area contributed by atoms with Gasteiger partial charge in [0.25, 0.3) is 0 Å². The van der Waals surface area contributed by atoms with Crippen molar-refractivity contribution < 1.29 is 19.2 Å². The third-order valence-electron chi connectivity index (χ3n) is 5.79. The number of nitrogens with zero attached hydrogens (tertiary/aromatic N) is 1. The molecule has 1 heterocycles. The Labute approximate surface area is 229 Å². The van der Waals surface area contributed by atoms with E-state index in [9.17, 15) is 4.79 Å². The highest BCUT2D eigenvalue weighted by Crippen LogP contribution is 2.41. The maximum Gasteiger partial charge on any atom is 0.335 e. The highest BCUT2D eigenvalue weighted by atomic mass is 35.5. The molecule has 9 heteroatoms. The lowest BCUT2D eigenvalue weighted by Gasteiger charge is -2.33. The summed E-state index contributed by atoms with van der Waals surface area (Å²) < 4.78 is 12.0. The molecule has 0 saturated carbocycles. The summed E-state index contributed by atoms with van der Waals surface area (Å²) in [4.78, 5) is 12.0. The van der Waals surface area contributed by atoms with Gasteiger partial charge in [-0.1, -0.05) is 78.1 Å². The van der Waals surface area contributed by atoms with Crippen LogP contribution < -0.4 is 0 Å². The average Bonchev–Trinajstić information content (AvgIpc) is 3.26. The van der Waals surface area contributed by atoms with Crippen molar-refractivity contribution in [3.8, 4) is 11.3 Å². The van der Waals surface area contributed by atoms with Gasteiger partial charge in [0.15, 0.2) is 5.06 Å². The van der Waals surface area contributed by atoms with E-state index in [2.05, 4.69) is 5.16 Å². The number of carboxylic acids is 1. The van der Waals surface area contributed by atoms with Crippen LogP contribution in [0, 0.1) is 5.92 Å². The van der Waals surface area contributed by atoms with E-state index in [4.69, 9.17) is 49.2 Å². The number of hydrogen-bond acceptors (Lipinski definition) is 5. The molecule has 0 saturated heterocycles. The highest BCUT2D eigenvalue weighted by Gasteiger charge is 2.36. The number of carboxylic acid groups (broad SMARTS) is 1. The molecule has 3 aromatic rings. The van der Waals surface area contributed by atoms with Gasteiger partial charge in [0.05, 0.1) is 22.2 Å². The Hall–Kier alpha value is -2.22. The number of carbonyl (C=O) groups is 1. The van der Waals surface area contributed by atoms with Gasteiger partial charge in [-0.3, -0.25) is 0 Å². The van der Waals surface area contributed by atoms with E-state index in [1.54, 1.807) is 54.2 Å². The van der Waals surface area contributed by atoms with Gasteiger partial charge in [-0.25, -0.2) is 4.79 Å². The van der Waals surface area contributed by atoms with E-state index in [0.29, 0.717) is 32.8 Å². The van der Waals surface area contributed by atoms with Crippen LogP contribution in [0.4, 0.5) is 0 Å². The van der Waals surface area contributed by atoms with Crippen molar-refractivity contribution in [1.29, 1.82) is 0 Å². The Kier molecular flexibility index (Phi) is 8.53. The quantitative estimate of drug-likeness (QED) is 0.208. The van der Waals surface area contributed by atoms with Crippen LogP contribution in [0.2, 0.25) is 10.0 Å². The Morgan fingerprint density at radius 2 is 1.86 bits per heavy atom. The zero-order valence-corrected chi connectivity index (χ0v) is 22.7.